The van der Waals surface area contributed by atoms with Crippen molar-refractivity contribution in [3.05, 3.63) is 71.4 Å². The highest BCUT2D eigenvalue weighted by atomic mass is 16.5. The van der Waals surface area contributed by atoms with Crippen LogP contribution in [0.15, 0.2) is 54.6 Å². The van der Waals surface area contributed by atoms with Gasteiger partial charge < -0.3 is 14.6 Å². The first kappa shape index (κ1) is 19.7. The number of nitrogens with one attached hydrogen (secondary N) is 2. The van der Waals surface area contributed by atoms with Crippen LogP contribution < -0.4 is 5.32 Å². The molecule has 4 aromatic rings. The van der Waals surface area contributed by atoms with Crippen molar-refractivity contribution in [1.82, 2.24) is 9.88 Å². The summed E-state index contributed by atoms with van der Waals surface area (Å²) in [6.07, 6.45) is 1.14. The number of hydrogen-bond acceptors (Lipinski definition) is 3. The average molecular weight is 399 g/mol. The van der Waals surface area contributed by atoms with Gasteiger partial charge >= 0.3 is 5.97 Å². The normalized spacial score (nSPS) is 11.0. The van der Waals surface area contributed by atoms with E-state index < -0.39 is 0 Å². The van der Waals surface area contributed by atoms with Gasteiger partial charge in [-0.05, 0) is 41.8 Å². The van der Waals surface area contributed by atoms with Gasteiger partial charge in [-0.1, -0.05) is 54.1 Å². The second kappa shape index (κ2) is 8.03. The summed E-state index contributed by atoms with van der Waals surface area (Å²) in [5.41, 5.74) is 5.81. The molecule has 0 bridgehead atoms. The highest BCUT2D eigenvalue weighted by Crippen LogP contribution is 2.34. The number of benzene rings is 3. The van der Waals surface area contributed by atoms with Crippen LogP contribution in [0, 0.1) is 12.3 Å². The quantitative estimate of drug-likeness (QED) is 0.267. The van der Waals surface area contributed by atoms with Gasteiger partial charge in [-0.25, -0.2) is 4.79 Å². The van der Waals surface area contributed by atoms with Crippen molar-refractivity contribution in [2.45, 2.75) is 20.4 Å². The summed E-state index contributed by atoms with van der Waals surface area (Å²) < 4.78 is 7.33. The summed E-state index contributed by atoms with van der Waals surface area (Å²) >= 11 is 0. The molecule has 0 fully saturated rings. The lowest BCUT2D eigenvalue weighted by atomic mass is 9.96. The Morgan fingerprint density at radius 1 is 1.13 bits per heavy atom. The molecule has 1 heterocycles. The maximum atomic E-state index is 12.7. The van der Waals surface area contributed by atoms with Crippen molar-refractivity contribution >= 4 is 34.0 Å². The maximum Gasteiger partial charge on any atom is 0.340 e. The molecule has 5 heteroatoms. The average Bonchev–Trinajstić information content (AvgIpc) is 3.03. The zero-order valence-electron chi connectivity index (χ0n) is 17.5. The monoisotopic (exact) mass is 399 g/mol. The molecule has 1 aromatic heterocycles. The predicted octanol–water partition coefficient (Wildman–Crippen LogP) is 5.18. The molecule has 0 amide bonds. The van der Waals surface area contributed by atoms with Gasteiger partial charge in [0.15, 0.2) is 0 Å². The summed E-state index contributed by atoms with van der Waals surface area (Å²) in [5.74, 6) is -0.335. The fourth-order valence-corrected chi connectivity index (χ4v) is 4.08. The van der Waals surface area contributed by atoms with E-state index in [4.69, 9.17) is 10.1 Å². The number of carbonyl (C=O) groups is 1. The number of carbonyl (C=O) groups excluding carboxylic acids is 1. The smallest absolute Gasteiger partial charge is 0.340 e. The molecule has 0 saturated heterocycles. The molecule has 0 aliphatic carbocycles. The Hall–Kier alpha value is -3.60. The molecule has 2 N–H and O–H groups in total. The molecule has 0 aliphatic rings. The van der Waals surface area contributed by atoms with Crippen LogP contribution in [0.1, 0.15) is 28.5 Å². The Balaban J connectivity index is 1.94. The third-order valence-corrected chi connectivity index (χ3v) is 5.52. The van der Waals surface area contributed by atoms with Crippen molar-refractivity contribution in [2.75, 3.05) is 6.61 Å². The highest BCUT2D eigenvalue weighted by molar-refractivity contribution is 6.07. The second-order valence-electron chi connectivity index (χ2n) is 7.39. The first-order valence-electron chi connectivity index (χ1n) is 10.1. The van der Waals surface area contributed by atoms with E-state index in [9.17, 15) is 4.79 Å². The molecule has 0 radical (unpaired) electrons. The van der Waals surface area contributed by atoms with E-state index in [0.29, 0.717) is 18.7 Å². The molecule has 0 aliphatic heterocycles. The fraction of sp³-hybridized carbons (Fsp3) is 0.200. The first-order chi connectivity index (χ1) is 14.5. The lowest BCUT2D eigenvalue weighted by Gasteiger charge is -2.09. The minimum Gasteiger partial charge on any atom is -0.462 e. The highest BCUT2D eigenvalue weighted by Gasteiger charge is 2.22. The molecule has 4 rings (SSSR count). The van der Waals surface area contributed by atoms with Gasteiger partial charge in [0.1, 0.15) is 0 Å². The van der Waals surface area contributed by atoms with Crippen LogP contribution >= 0.6 is 0 Å². The van der Waals surface area contributed by atoms with Crippen LogP contribution in [0.25, 0.3) is 32.8 Å². The number of ether oxygens (including phenoxy) is 1. The van der Waals surface area contributed by atoms with E-state index in [1.807, 2.05) is 17.7 Å². The van der Waals surface area contributed by atoms with Gasteiger partial charge in [-0.15, -0.1) is 0 Å². The van der Waals surface area contributed by atoms with Crippen molar-refractivity contribution in [2.24, 2.45) is 7.05 Å². The maximum absolute atomic E-state index is 12.7. The van der Waals surface area contributed by atoms with E-state index >= 15 is 0 Å². The Kier molecular flexibility index (Phi) is 5.27. The van der Waals surface area contributed by atoms with E-state index in [2.05, 4.69) is 60.8 Å². The van der Waals surface area contributed by atoms with E-state index in [0.717, 1.165) is 34.1 Å². The molecule has 5 nitrogen and oxygen atoms in total. The third kappa shape index (κ3) is 3.32. The van der Waals surface area contributed by atoms with E-state index in [1.54, 1.807) is 6.92 Å². The molecule has 0 unspecified atom stereocenters. The number of fused-ring (bicyclic) bond motifs is 2. The van der Waals surface area contributed by atoms with Gasteiger partial charge in [0, 0.05) is 18.0 Å². The van der Waals surface area contributed by atoms with Crippen LogP contribution in [0.4, 0.5) is 0 Å². The summed E-state index contributed by atoms with van der Waals surface area (Å²) in [7, 11) is 1.95. The first-order valence-corrected chi connectivity index (χ1v) is 10.1. The number of rotatable bonds is 6. The summed E-state index contributed by atoms with van der Waals surface area (Å²) in [4.78, 5) is 12.7. The predicted molar refractivity (Wildman–Crippen MR) is 122 cm³/mol. The minimum absolute atomic E-state index is 0.320. The second-order valence-corrected chi connectivity index (χ2v) is 7.39. The summed E-state index contributed by atoms with van der Waals surface area (Å²) in [6.45, 7) is 4.61. The number of aryl methyl sites for hydroxylation is 2. The Morgan fingerprint density at radius 3 is 2.73 bits per heavy atom. The van der Waals surface area contributed by atoms with Crippen molar-refractivity contribution < 1.29 is 9.53 Å². The minimum atomic E-state index is -0.335. The van der Waals surface area contributed by atoms with Crippen LogP contribution in [-0.4, -0.2) is 23.5 Å². The molecular formula is C25H25N3O2. The van der Waals surface area contributed by atoms with Gasteiger partial charge in [0.25, 0.3) is 0 Å². The van der Waals surface area contributed by atoms with Gasteiger partial charge in [-0.2, -0.15) is 0 Å². The molecule has 30 heavy (non-hydrogen) atoms. The van der Waals surface area contributed by atoms with Crippen LogP contribution in [-0.2, 0) is 18.3 Å². The van der Waals surface area contributed by atoms with Crippen molar-refractivity contribution in [3.8, 4) is 11.1 Å². The number of aromatic nitrogens is 1. The van der Waals surface area contributed by atoms with Crippen molar-refractivity contribution in [3.63, 3.8) is 0 Å². The van der Waals surface area contributed by atoms with Crippen molar-refractivity contribution in [1.29, 1.82) is 5.41 Å². The largest absolute Gasteiger partial charge is 0.462 e. The molecule has 152 valence electrons. The van der Waals surface area contributed by atoms with Gasteiger partial charge in [0.2, 0.25) is 0 Å². The zero-order chi connectivity index (χ0) is 21.3. The van der Waals surface area contributed by atoms with Crippen LogP contribution in [0.5, 0.6) is 0 Å². The molecule has 3 aromatic carbocycles. The molecule has 0 atom stereocenters. The Morgan fingerprint density at radius 2 is 1.97 bits per heavy atom. The van der Waals surface area contributed by atoms with Gasteiger partial charge in [0.05, 0.1) is 30.7 Å². The lowest BCUT2D eigenvalue weighted by Crippen LogP contribution is -2.16. The fourth-order valence-electron chi connectivity index (χ4n) is 4.08. The number of esters is 1. The van der Waals surface area contributed by atoms with Crippen LogP contribution in [0.2, 0.25) is 0 Å². The topological polar surface area (TPSA) is 67.1 Å². The van der Waals surface area contributed by atoms with E-state index in [1.165, 1.54) is 16.3 Å². The molecule has 0 spiro atoms. The molecular weight excluding hydrogens is 374 g/mol. The number of nitrogens with zero attached hydrogens (tertiary/aromatic N) is 1. The summed E-state index contributed by atoms with van der Waals surface area (Å²) in [6, 6.07) is 19.0. The molecule has 0 saturated carbocycles. The van der Waals surface area contributed by atoms with E-state index in [-0.39, 0.29) is 5.97 Å². The SMILES string of the molecule is CCOC(=O)c1c(CNC=N)n(C)c2cc(-c3cccc4ccc(C)cc34)ccc12. The standard InChI is InChI=1S/C25H25N3O2/c1-4-30-25(29)24-20-11-10-18(13-22(20)28(3)23(24)14-27-15-26)19-7-5-6-17-9-8-16(2)12-21(17)19/h5-13,15H,4,14H2,1-3H3,(H2,26,27). The Bertz CT molecular complexity index is 1270. The van der Waals surface area contributed by atoms with Crippen LogP contribution in [0.3, 0.4) is 0 Å². The number of hydrogen-bond donors (Lipinski definition) is 2. The lowest BCUT2D eigenvalue weighted by molar-refractivity contribution is 0.0527. The van der Waals surface area contributed by atoms with Gasteiger partial charge in [-0.3, -0.25) is 5.41 Å². The summed E-state index contributed by atoms with van der Waals surface area (Å²) in [5, 5.41) is 13.5. The third-order valence-electron chi connectivity index (χ3n) is 5.52. The Labute approximate surface area is 175 Å². The zero-order valence-corrected chi connectivity index (χ0v) is 17.5.